The summed E-state index contributed by atoms with van der Waals surface area (Å²) in [6.07, 6.45) is 6.42. The molecule has 1 aromatic carbocycles. The maximum absolute atomic E-state index is 12.7. The Morgan fingerprint density at radius 2 is 1.95 bits per heavy atom. The first-order valence-corrected chi connectivity index (χ1v) is 7.00. The van der Waals surface area contributed by atoms with E-state index in [0.29, 0.717) is 0 Å². The SMILES string of the molecule is Cc1c(C)n(C(=O)C2=CCCCC2)c2ccccc12. The van der Waals surface area contributed by atoms with Crippen LogP contribution >= 0.6 is 0 Å². The van der Waals surface area contributed by atoms with Crippen molar-refractivity contribution in [1.82, 2.24) is 4.57 Å². The summed E-state index contributed by atoms with van der Waals surface area (Å²) >= 11 is 0. The van der Waals surface area contributed by atoms with Crippen molar-refractivity contribution in [2.45, 2.75) is 39.5 Å². The largest absolute Gasteiger partial charge is 0.280 e. The fraction of sp³-hybridized carbons (Fsp3) is 0.353. The predicted octanol–water partition coefficient (Wildman–Crippen LogP) is 4.40. The number of aromatic nitrogens is 1. The van der Waals surface area contributed by atoms with Gasteiger partial charge in [-0.2, -0.15) is 0 Å². The number of carbonyl (C=O) groups is 1. The van der Waals surface area contributed by atoms with Gasteiger partial charge in [0, 0.05) is 16.7 Å². The molecule has 1 heterocycles. The van der Waals surface area contributed by atoms with E-state index in [0.717, 1.165) is 36.0 Å². The van der Waals surface area contributed by atoms with Crippen molar-refractivity contribution in [3.63, 3.8) is 0 Å². The van der Waals surface area contributed by atoms with Crippen molar-refractivity contribution in [3.05, 3.63) is 47.2 Å². The van der Waals surface area contributed by atoms with E-state index in [-0.39, 0.29) is 5.91 Å². The molecule has 0 saturated heterocycles. The van der Waals surface area contributed by atoms with E-state index in [1.165, 1.54) is 17.4 Å². The molecule has 19 heavy (non-hydrogen) atoms. The summed E-state index contributed by atoms with van der Waals surface area (Å²) in [5.41, 5.74) is 4.29. The van der Waals surface area contributed by atoms with Crippen LogP contribution in [-0.2, 0) is 0 Å². The van der Waals surface area contributed by atoms with Crippen LogP contribution in [-0.4, -0.2) is 10.5 Å². The lowest BCUT2D eigenvalue weighted by molar-refractivity contribution is 0.0952. The van der Waals surface area contributed by atoms with Crippen molar-refractivity contribution < 1.29 is 4.79 Å². The molecular weight excluding hydrogens is 234 g/mol. The lowest BCUT2D eigenvalue weighted by atomic mass is 9.99. The molecule has 0 aliphatic heterocycles. The van der Waals surface area contributed by atoms with Gasteiger partial charge in [0.1, 0.15) is 0 Å². The van der Waals surface area contributed by atoms with Crippen LogP contribution < -0.4 is 0 Å². The zero-order chi connectivity index (χ0) is 13.4. The van der Waals surface area contributed by atoms with E-state index in [1.54, 1.807) is 0 Å². The molecule has 0 atom stereocenters. The first-order chi connectivity index (χ1) is 9.20. The lowest BCUT2D eigenvalue weighted by Crippen LogP contribution is -2.16. The molecule has 2 heteroatoms. The molecule has 0 spiro atoms. The maximum Gasteiger partial charge on any atom is 0.258 e. The zero-order valence-electron chi connectivity index (χ0n) is 11.6. The van der Waals surface area contributed by atoms with E-state index in [4.69, 9.17) is 0 Å². The molecule has 2 aromatic rings. The molecular formula is C17H19NO. The van der Waals surface area contributed by atoms with Gasteiger partial charge in [-0.05, 0) is 51.2 Å². The van der Waals surface area contributed by atoms with E-state index in [2.05, 4.69) is 19.1 Å². The smallest absolute Gasteiger partial charge is 0.258 e. The lowest BCUT2D eigenvalue weighted by Gasteiger charge is -2.14. The number of allylic oxidation sites excluding steroid dienone is 2. The van der Waals surface area contributed by atoms with Crippen LogP contribution in [0, 0.1) is 13.8 Å². The quantitative estimate of drug-likeness (QED) is 0.738. The van der Waals surface area contributed by atoms with E-state index in [9.17, 15) is 4.79 Å². The van der Waals surface area contributed by atoms with Gasteiger partial charge >= 0.3 is 0 Å². The van der Waals surface area contributed by atoms with Crippen molar-refractivity contribution in [2.75, 3.05) is 0 Å². The summed E-state index contributed by atoms with van der Waals surface area (Å²) in [4.78, 5) is 12.7. The molecule has 0 bridgehead atoms. The Labute approximate surface area is 113 Å². The third kappa shape index (κ3) is 1.92. The van der Waals surface area contributed by atoms with Gasteiger partial charge in [0.25, 0.3) is 5.91 Å². The highest BCUT2D eigenvalue weighted by molar-refractivity contribution is 6.03. The highest BCUT2D eigenvalue weighted by atomic mass is 16.2. The number of nitrogens with zero attached hydrogens (tertiary/aromatic N) is 1. The van der Waals surface area contributed by atoms with Crippen LogP contribution in [0.4, 0.5) is 0 Å². The van der Waals surface area contributed by atoms with Gasteiger partial charge in [0.2, 0.25) is 0 Å². The Bertz CT molecular complexity index is 676. The third-order valence-electron chi connectivity index (χ3n) is 4.20. The molecule has 2 nitrogen and oxygen atoms in total. The van der Waals surface area contributed by atoms with Crippen molar-refractivity contribution in [3.8, 4) is 0 Å². The molecule has 0 amide bonds. The van der Waals surface area contributed by atoms with E-state index < -0.39 is 0 Å². The number of benzene rings is 1. The molecule has 0 radical (unpaired) electrons. The van der Waals surface area contributed by atoms with Gasteiger partial charge in [0.05, 0.1) is 5.52 Å². The Morgan fingerprint density at radius 1 is 1.16 bits per heavy atom. The summed E-state index contributed by atoms with van der Waals surface area (Å²) in [6.45, 7) is 4.13. The number of para-hydroxylation sites is 1. The van der Waals surface area contributed by atoms with E-state index in [1.807, 2.05) is 29.7 Å². The maximum atomic E-state index is 12.7. The first kappa shape index (κ1) is 12.2. The monoisotopic (exact) mass is 253 g/mol. The van der Waals surface area contributed by atoms with Crippen molar-refractivity contribution in [2.24, 2.45) is 0 Å². The summed E-state index contributed by atoms with van der Waals surface area (Å²) in [6, 6.07) is 8.16. The number of rotatable bonds is 1. The molecule has 1 aliphatic carbocycles. The Kier molecular flexibility index (Phi) is 3.02. The van der Waals surface area contributed by atoms with E-state index >= 15 is 0 Å². The molecule has 0 fully saturated rings. The highest BCUT2D eigenvalue weighted by Crippen LogP contribution is 2.27. The minimum atomic E-state index is 0.168. The van der Waals surface area contributed by atoms with Gasteiger partial charge in [-0.25, -0.2) is 0 Å². The topological polar surface area (TPSA) is 22.0 Å². The van der Waals surface area contributed by atoms with Crippen LogP contribution in [0.2, 0.25) is 0 Å². The second-order valence-corrected chi connectivity index (χ2v) is 5.34. The number of hydrogen-bond acceptors (Lipinski definition) is 1. The van der Waals surface area contributed by atoms with Gasteiger partial charge in [-0.3, -0.25) is 9.36 Å². The molecule has 3 rings (SSSR count). The number of fused-ring (bicyclic) bond motifs is 1. The molecule has 0 unspecified atom stereocenters. The van der Waals surface area contributed by atoms with Crippen LogP contribution in [0.5, 0.6) is 0 Å². The summed E-state index contributed by atoms with van der Waals surface area (Å²) < 4.78 is 1.89. The molecule has 0 saturated carbocycles. The van der Waals surface area contributed by atoms with Crippen molar-refractivity contribution >= 4 is 16.8 Å². The minimum absolute atomic E-state index is 0.168. The fourth-order valence-electron chi connectivity index (χ4n) is 2.97. The Morgan fingerprint density at radius 3 is 2.68 bits per heavy atom. The van der Waals surface area contributed by atoms with Crippen molar-refractivity contribution in [1.29, 1.82) is 0 Å². The molecule has 0 N–H and O–H groups in total. The van der Waals surface area contributed by atoms with Gasteiger partial charge in [0.15, 0.2) is 0 Å². The highest BCUT2D eigenvalue weighted by Gasteiger charge is 2.19. The van der Waals surface area contributed by atoms with Gasteiger partial charge < -0.3 is 0 Å². The molecule has 1 aromatic heterocycles. The molecule has 1 aliphatic rings. The number of hydrogen-bond donors (Lipinski definition) is 0. The summed E-state index contributed by atoms with van der Waals surface area (Å²) in [5, 5.41) is 1.18. The zero-order valence-corrected chi connectivity index (χ0v) is 11.6. The van der Waals surface area contributed by atoms with Gasteiger partial charge in [-0.15, -0.1) is 0 Å². The van der Waals surface area contributed by atoms with Crippen LogP contribution in [0.15, 0.2) is 35.9 Å². The van der Waals surface area contributed by atoms with Crippen LogP contribution in [0.25, 0.3) is 10.9 Å². The predicted molar refractivity (Wildman–Crippen MR) is 78.6 cm³/mol. The third-order valence-corrected chi connectivity index (χ3v) is 4.20. The normalized spacial score (nSPS) is 15.6. The van der Waals surface area contributed by atoms with Gasteiger partial charge in [-0.1, -0.05) is 24.3 Å². The minimum Gasteiger partial charge on any atom is -0.280 e. The number of carbonyl (C=O) groups excluding carboxylic acids is 1. The average Bonchev–Trinajstić information content (AvgIpc) is 2.72. The second kappa shape index (κ2) is 4.69. The van der Waals surface area contributed by atoms with Crippen LogP contribution in [0.1, 0.15) is 41.7 Å². The Hall–Kier alpha value is -1.83. The second-order valence-electron chi connectivity index (χ2n) is 5.34. The van der Waals surface area contributed by atoms with Crippen LogP contribution in [0.3, 0.4) is 0 Å². The average molecular weight is 253 g/mol. The number of aryl methyl sites for hydroxylation is 1. The molecule has 98 valence electrons. The first-order valence-electron chi connectivity index (χ1n) is 7.00. The standard InChI is InChI=1S/C17H19NO/c1-12-13(2)18(16-11-7-6-10-15(12)16)17(19)14-8-4-3-5-9-14/h6-8,10-11H,3-5,9H2,1-2H3. The summed E-state index contributed by atoms with van der Waals surface area (Å²) in [5.74, 6) is 0.168. The Balaban J connectivity index is 2.17. The fourth-order valence-corrected chi connectivity index (χ4v) is 2.97. The summed E-state index contributed by atoms with van der Waals surface area (Å²) in [7, 11) is 0.